The van der Waals surface area contributed by atoms with Gasteiger partial charge in [0.15, 0.2) is 0 Å². The van der Waals surface area contributed by atoms with Crippen LogP contribution < -0.4 is 0 Å². The first kappa shape index (κ1) is 15.8. The van der Waals surface area contributed by atoms with Gasteiger partial charge in [0, 0.05) is 25.8 Å². The Balaban J connectivity index is 1.79. The van der Waals surface area contributed by atoms with Crippen molar-refractivity contribution in [3.05, 3.63) is 70.8 Å². The van der Waals surface area contributed by atoms with E-state index in [1.165, 1.54) is 11.1 Å². The Hall–Kier alpha value is -2.13. The number of likely N-dealkylation sites (N-methyl/N-ethyl adjacent to an activating group) is 1. The van der Waals surface area contributed by atoms with E-state index in [-0.39, 0.29) is 11.9 Å². The molecule has 3 nitrogen and oxygen atoms in total. The Kier molecular flexibility index (Phi) is 4.77. The highest BCUT2D eigenvalue weighted by Crippen LogP contribution is 2.25. The van der Waals surface area contributed by atoms with Crippen LogP contribution >= 0.6 is 0 Å². The van der Waals surface area contributed by atoms with E-state index < -0.39 is 0 Å². The summed E-state index contributed by atoms with van der Waals surface area (Å²) < 4.78 is 5.22. The molecule has 0 radical (unpaired) electrons. The number of nitrogens with zero attached hydrogens (tertiary/aromatic N) is 1. The van der Waals surface area contributed by atoms with E-state index in [1.807, 2.05) is 36.2 Å². The average Bonchev–Trinajstić information content (AvgIpc) is 2.61. The Labute approximate surface area is 137 Å². The Morgan fingerprint density at radius 1 is 1.13 bits per heavy atom. The highest BCUT2D eigenvalue weighted by Gasteiger charge is 2.26. The maximum absolute atomic E-state index is 12.9. The number of carbonyl (C=O) groups excluding carboxylic acids is 1. The van der Waals surface area contributed by atoms with Gasteiger partial charge in [-0.1, -0.05) is 42.5 Å². The molecule has 2 aromatic rings. The largest absolute Gasteiger partial charge is 0.380 e. The van der Waals surface area contributed by atoms with Gasteiger partial charge in [0.05, 0.1) is 6.61 Å². The minimum atomic E-state index is 0.0852. The Morgan fingerprint density at radius 2 is 1.83 bits per heavy atom. The number of aryl methyl sites for hydroxylation is 1. The fourth-order valence-corrected chi connectivity index (χ4v) is 3.38. The maximum Gasteiger partial charge on any atom is 0.254 e. The number of methoxy groups -OCH3 is 1. The number of amides is 1. The molecule has 1 aliphatic carbocycles. The van der Waals surface area contributed by atoms with Crippen molar-refractivity contribution in [3.8, 4) is 0 Å². The van der Waals surface area contributed by atoms with E-state index in [4.69, 9.17) is 4.74 Å². The zero-order valence-electron chi connectivity index (χ0n) is 13.8. The van der Waals surface area contributed by atoms with E-state index >= 15 is 0 Å². The molecular weight excluding hydrogens is 286 g/mol. The highest BCUT2D eigenvalue weighted by atomic mass is 16.5. The van der Waals surface area contributed by atoms with Crippen LogP contribution in [-0.2, 0) is 24.2 Å². The van der Waals surface area contributed by atoms with Gasteiger partial charge < -0.3 is 9.64 Å². The molecule has 0 aromatic heterocycles. The third kappa shape index (κ3) is 3.30. The molecule has 0 fully saturated rings. The molecule has 0 bridgehead atoms. The fourth-order valence-electron chi connectivity index (χ4n) is 3.38. The quantitative estimate of drug-likeness (QED) is 0.865. The molecule has 0 saturated heterocycles. The number of hydrogen-bond acceptors (Lipinski definition) is 2. The molecule has 23 heavy (non-hydrogen) atoms. The first-order valence-corrected chi connectivity index (χ1v) is 8.11. The van der Waals surface area contributed by atoms with Gasteiger partial charge >= 0.3 is 0 Å². The van der Waals surface area contributed by atoms with Crippen LogP contribution in [0.25, 0.3) is 0 Å². The number of benzene rings is 2. The number of hydrogen-bond donors (Lipinski definition) is 0. The SMILES string of the molecule is COCc1ccccc1C(=O)N(C)C1CCc2ccccc2C1. The third-order valence-corrected chi connectivity index (χ3v) is 4.74. The molecule has 3 heteroatoms. The summed E-state index contributed by atoms with van der Waals surface area (Å²) in [4.78, 5) is 14.8. The van der Waals surface area contributed by atoms with Crippen LogP contribution in [0.1, 0.15) is 33.5 Å². The van der Waals surface area contributed by atoms with Gasteiger partial charge in [-0.25, -0.2) is 0 Å². The van der Waals surface area contributed by atoms with Crippen molar-refractivity contribution in [2.45, 2.75) is 31.9 Å². The summed E-state index contributed by atoms with van der Waals surface area (Å²) in [6.45, 7) is 0.462. The van der Waals surface area contributed by atoms with Crippen LogP contribution in [0.15, 0.2) is 48.5 Å². The molecule has 0 aliphatic heterocycles. The van der Waals surface area contributed by atoms with E-state index in [0.717, 1.165) is 30.4 Å². The smallest absolute Gasteiger partial charge is 0.254 e. The summed E-state index contributed by atoms with van der Waals surface area (Å²) in [6, 6.07) is 16.5. The number of carbonyl (C=O) groups is 1. The van der Waals surface area contributed by atoms with Crippen molar-refractivity contribution < 1.29 is 9.53 Å². The average molecular weight is 309 g/mol. The third-order valence-electron chi connectivity index (χ3n) is 4.74. The predicted octanol–water partition coefficient (Wildman–Crippen LogP) is 3.46. The van der Waals surface area contributed by atoms with E-state index in [0.29, 0.717) is 6.61 Å². The van der Waals surface area contributed by atoms with E-state index in [1.54, 1.807) is 7.11 Å². The molecule has 0 N–H and O–H groups in total. The molecule has 2 aromatic carbocycles. The molecule has 1 amide bonds. The van der Waals surface area contributed by atoms with Crippen molar-refractivity contribution in [2.24, 2.45) is 0 Å². The van der Waals surface area contributed by atoms with Crippen LogP contribution in [0.5, 0.6) is 0 Å². The standard InChI is InChI=1S/C20H23NO2/c1-21(18-12-11-15-7-3-4-8-16(15)13-18)20(22)19-10-6-5-9-17(19)14-23-2/h3-10,18H,11-14H2,1-2H3. The van der Waals surface area contributed by atoms with Crippen molar-refractivity contribution in [2.75, 3.05) is 14.2 Å². The second kappa shape index (κ2) is 6.97. The molecule has 3 rings (SSSR count). The number of rotatable bonds is 4. The summed E-state index contributed by atoms with van der Waals surface area (Å²) in [5.74, 6) is 0.0852. The van der Waals surface area contributed by atoms with Crippen LogP contribution in [0.2, 0.25) is 0 Å². The van der Waals surface area contributed by atoms with Gasteiger partial charge in [-0.05, 0) is 42.0 Å². The minimum Gasteiger partial charge on any atom is -0.380 e. The first-order valence-electron chi connectivity index (χ1n) is 8.11. The van der Waals surface area contributed by atoms with Crippen LogP contribution in [0, 0.1) is 0 Å². The minimum absolute atomic E-state index is 0.0852. The van der Waals surface area contributed by atoms with Crippen molar-refractivity contribution in [3.63, 3.8) is 0 Å². The summed E-state index contributed by atoms with van der Waals surface area (Å²) in [5, 5.41) is 0. The lowest BCUT2D eigenvalue weighted by Gasteiger charge is -2.33. The summed E-state index contributed by atoms with van der Waals surface area (Å²) in [6.07, 6.45) is 2.99. The first-order chi connectivity index (χ1) is 11.2. The lowest BCUT2D eigenvalue weighted by Crippen LogP contribution is -2.41. The molecule has 1 unspecified atom stereocenters. The van der Waals surface area contributed by atoms with E-state index in [2.05, 4.69) is 24.3 Å². The second-order valence-electron chi connectivity index (χ2n) is 6.17. The van der Waals surface area contributed by atoms with Crippen molar-refractivity contribution >= 4 is 5.91 Å². The molecular formula is C20H23NO2. The molecule has 0 saturated carbocycles. The normalized spacial score (nSPS) is 16.7. The van der Waals surface area contributed by atoms with Crippen molar-refractivity contribution in [1.82, 2.24) is 4.90 Å². The van der Waals surface area contributed by atoms with Gasteiger partial charge in [-0.2, -0.15) is 0 Å². The number of ether oxygens (including phenoxy) is 1. The van der Waals surface area contributed by atoms with Crippen LogP contribution in [0.4, 0.5) is 0 Å². The summed E-state index contributed by atoms with van der Waals surface area (Å²) in [7, 11) is 3.58. The zero-order valence-corrected chi connectivity index (χ0v) is 13.8. The van der Waals surface area contributed by atoms with Gasteiger partial charge in [0.2, 0.25) is 0 Å². The Morgan fingerprint density at radius 3 is 2.61 bits per heavy atom. The molecule has 120 valence electrons. The van der Waals surface area contributed by atoms with Crippen molar-refractivity contribution in [1.29, 1.82) is 0 Å². The summed E-state index contributed by atoms with van der Waals surface area (Å²) >= 11 is 0. The van der Waals surface area contributed by atoms with Gasteiger partial charge in [-0.3, -0.25) is 4.79 Å². The van der Waals surface area contributed by atoms with Crippen LogP contribution in [0.3, 0.4) is 0 Å². The molecule has 0 spiro atoms. The second-order valence-corrected chi connectivity index (χ2v) is 6.17. The lowest BCUT2D eigenvalue weighted by atomic mass is 9.87. The fraction of sp³-hybridized carbons (Fsp3) is 0.350. The van der Waals surface area contributed by atoms with Crippen LogP contribution in [-0.4, -0.2) is 31.0 Å². The zero-order chi connectivity index (χ0) is 16.2. The van der Waals surface area contributed by atoms with Gasteiger partial charge in [-0.15, -0.1) is 0 Å². The van der Waals surface area contributed by atoms with E-state index in [9.17, 15) is 4.79 Å². The highest BCUT2D eigenvalue weighted by molar-refractivity contribution is 5.95. The monoisotopic (exact) mass is 309 g/mol. The predicted molar refractivity (Wildman–Crippen MR) is 91.5 cm³/mol. The lowest BCUT2D eigenvalue weighted by molar-refractivity contribution is 0.0714. The summed E-state index contributed by atoms with van der Waals surface area (Å²) in [5.41, 5.74) is 4.48. The molecule has 1 aliphatic rings. The molecule has 0 heterocycles. The topological polar surface area (TPSA) is 29.5 Å². The Bertz CT molecular complexity index is 696. The number of fused-ring (bicyclic) bond motifs is 1. The molecule has 1 atom stereocenters. The van der Waals surface area contributed by atoms with Gasteiger partial charge in [0.1, 0.15) is 0 Å². The maximum atomic E-state index is 12.9. The van der Waals surface area contributed by atoms with Gasteiger partial charge in [0.25, 0.3) is 5.91 Å².